The predicted molar refractivity (Wildman–Crippen MR) is 89.6 cm³/mol. The average molecular weight is 352 g/mol. The highest BCUT2D eigenvalue weighted by molar-refractivity contribution is 6.36. The van der Waals surface area contributed by atoms with Crippen LogP contribution in [0.1, 0.15) is 22.8 Å². The van der Waals surface area contributed by atoms with Gasteiger partial charge < -0.3 is 10.1 Å². The first-order valence-electron chi connectivity index (χ1n) is 6.95. The number of halogens is 2. The molecule has 0 aliphatic heterocycles. The van der Waals surface area contributed by atoms with Crippen LogP contribution in [-0.4, -0.2) is 18.0 Å². The third-order valence-electron chi connectivity index (χ3n) is 3.11. The summed E-state index contributed by atoms with van der Waals surface area (Å²) in [6, 6.07) is 13.9. The van der Waals surface area contributed by atoms with Crippen LogP contribution in [0.5, 0.6) is 0 Å². The van der Waals surface area contributed by atoms with E-state index >= 15 is 0 Å². The van der Waals surface area contributed by atoms with Gasteiger partial charge in [-0.15, -0.1) is 0 Å². The van der Waals surface area contributed by atoms with Gasteiger partial charge in [0.1, 0.15) is 0 Å². The Kier molecular flexibility index (Phi) is 6.02. The molecule has 2 rings (SSSR count). The van der Waals surface area contributed by atoms with Crippen LogP contribution < -0.4 is 5.32 Å². The maximum Gasteiger partial charge on any atom is 0.340 e. The van der Waals surface area contributed by atoms with E-state index < -0.39 is 12.1 Å². The van der Waals surface area contributed by atoms with E-state index in [1.807, 2.05) is 30.3 Å². The highest BCUT2D eigenvalue weighted by atomic mass is 35.5. The summed E-state index contributed by atoms with van der Waals surface area (Å²) in [4.78, 5) is 24.0. The molecule has 0 saturated carbocycles. The Hall–Kier alpha value is -2.04. The number of carbonyl (C=O) groups is 2. The van der Waals surface area contributed by atoms with Crippen LogP contribution in [-0.2, 0) is 16.1 Å². The fourth-order valence-corrected chi connectivity index (χ4v) is 2.35. The number of hydrogen-bond acceptors (Lipinski definition) is 3. The molecular formula is C17H15Cl2NO3. The van der Waals surface area contributed by atoms with Gasteiger partial charge in [0, 0.05) is 11.6 Å². The Morgan fingerprint density at radius 1 is 1.13 bits per heavy atom. The van der Waals surface area contributed by atoms with E-state index in [-0.39, 0.29) is 16.5 Å². The van der Waals surface area contributed by atoms with Crippen molar-refractivity contribution in [1.82, 2.24) is 5.32 Å². The minimum absolute atomic E-state index is 0.166. The SMILES string of the molecule is C[C@H](OC(=O)c1ccc(Cl)cc1Cl)C(=O)NCc1ccccc1. The molecule has 1 atom stereocenters. The second-order valence-electron chi connectivity index (χ2n) is 4.88. The molecule has 0 saturated heterocycles. The molecule has 0 aliphatic carbocycles. The van der Waals surface area contributed by atoms with E-state index in [0.717, 1.165) is 5.56 Å². The van der Waals surface area contributed by atoms with Gasteiger partial charge in [0.2, 0.25) is 0 Å². The van der Waals surface area contributed by atoms with E-state index in [1.54, 1.807) is 0 Å². The van der Waals surface area contributed by atoms with E-state index in [4.69, 9.17) is 27.9 Å². The molecule has 0 fully saturated rings. The number of benzene rings is 2. The average Bonchev–Trinajstić information content (AvgIpc) is 2.53. The van der Waals surface area contributed by atoms with Crippen molar-refractivity contribution in [2.45, 2.75) is 19.6 Å². The van der Waals surface area contributed by atoms with Crippen LogP contribution in [0.15, 0.2) is 48.5 Å². The quantitative estimate of drug-likeness (QED) is 0.832. The number of hydrogen-bond donors (Lipinski definition) is 1. The molecule has 0 spiro atoms. The molecule has 0 heterocycles. The molecule has 1 amide bonds. The fourth-order valence-electron chi connectivity index (χ4n) is 1.86. The molecule has 0 bridgehead atoms. The number of carbonyl (C=O) groups excluding carboxylic acids is 2. The lowest BCUT2D eigenvalue weighted by Crippen LogP contribution is -2.35. The number of ether oxygens (including phenoxy) is 1. The van der Waals surface area contributed by atoms with Crippen molar-refractivity contribution in [2.24, 2.45) is 0 Å². The first kappa shape index (κ1) is 17.3. The minimum atomic E-state index is -0.932. The van der Waals surface area contributed by atoms with E-state index in [9.17, 15) is 9.59 Å². The molecule has 2 aromatic rings. The second kappa shape index (κ2) is 7.99. The zero-order valence-corrected chi connectivity index (χ0v) is 13.9. The molecule has 0 unspecified atom stereocenters. The third-order valence-corrected chi connectivity index (χ3v) is 3.66. The standard InChI is InChI=1S/C17H15Cl2NO3/c1-11(16(21)20-10-12-5-3-2-4-6-12)23-17(22)14-8-7-13(18)9-15(14)19/h2-9,11H,10H2,1H3,(H,20,21)/t11-/m0/s1. The summed E-state index contributed by atoms with van der Waals surface area (Å²) >= 11 is 11.7. The zero-order valence-electron chi connectivity index (χ0n) is 12.4. The molecule has 4 nitrogen and oxygen atoms in total. The number of amides is 1. The van der Waals surface area contributed by atoms with Crippen LogP contribution >= 0.6 is 23.2 Å². The lowest BCUT2D eigenvalue weighted by molar-refractivity contribution is -0.129. The van der Waals surface area contributed by atoms with Crippen molar-refractivity contribution in [1.29, 1.82) is 0 Å². The molecule has 2 aromatic carbocycles. The predicted octanol–water partition coefficient (Wildman–Crippen LogP) is 3.86. The smallest absolute Gasteiger partial charge is 0.340 e. The highest BCUT2D eigenvalue weighted by Crippen LogP contribution is 2.22. The van der Waals surface area contributed by atoms with Gasteiger partial charge in [-0.1, -0.05) is 53.5 Å². The number of esters is 1. The summed E-state index contributed by atoms with van der Waals surface area (Å²) in [7, 11) is 0. The molecule has 23 heavy (non-hydrogen) atoms. The number of rotatable bonds is 5. The molecule has 0 aromatic heterocycles. The molecule has 1 N–H and O–H groups in total. The van der Waals surface area contributed by atoms with E-state index in [1.165, 1.54) is 25.1 Å². The van der Waals surface area contributed by atoms with Gasteiger partial charge in [0.25, 0.3) is 5.91 Å². The van der Waals surface area contributed by atoms with Crippen molar-refractivity contribution < 1.29 is 14.3 Å². The monoisotopic (exact) mass is 351 g/mol. The number of nitrogens with one attached hydrogen (secondary N) is 1. The highest BCUT2D eigenvalue weighted by Gasteiger charge is 2.20. The lowest BCUT2D eigenvalue weighted by Gasteiger charge is -2.14. The topological polar surface area (TPSA) is 55.4 Å². The fraction of sp³-hybridized carbons (Fsp3) is 0.176. The largest absolute Gasteiger partial charge is 0.449 e. The minimum Gasteiger partial charge on any atom is -0.449 e. The van der Waals surface area contributed by atoms with Crippen LogP contribution in [0.3, 0.4) is 0 Å². The first-order valence-corrected chi connectivity index (χ1v) is 7.70. The van der Waals surface area contributed by atoms with Gasteiger partial charge in [0.05, 0.1) is 10.6 Å². The normalized spacial score (nSPS) is 11.6. The van der Waals surface area contributed by atoms with Crippen molar-refractivity contribution in [3.63, 3.8) is 0 Å². The van der Waals surface area contributed by atoms with Gasteiger partial charge in [-0.3, -0.25) is 4.79 Å². The summed E-state index contributed by atoms with van der Waals surface area (Å²) in [5.74, 6) is -1.05. The van der Waals surface area contributed by atoms with E-state index in [2.05, 4.69) is 5.32 Å². The van der Waals surface area contributed by atoms with Gasteiger partial charge in [0.15, 0.2) is 6.10 Å². The Labute approximate surface area is 144 Å². The van der Waals surface area contributed by atoms with Crippen molar-refractivity contribution >= 4 is 35.1 Å². The van der Waals surface area contributed by atoms with Crippen LogP contribution in [0.2, 0.25) is 10.0 Å². The Morgan fingerprint density at radius 2 is 1.83 bits per heavy atom. The Balaban J connectivity index is 1.91. The van der Waals surface area contributed by atoms with Crippen LogP contribution in [0.25, 0.3) is 0 Å². The third kappa shape index (κ3) is 4.98. The first-order chi connectivity index (χ1) is 11.0. The zero-order chi connectivity index (χ0) is 16.8. The summed E-state index contributed by atoms with van der Waals surface area (Å²) in [5.41, 5.74) is 1.12. The van der Waals surface area contributed by atoms with Crippen molar-refractivity contribution in [3.05, 3.63) is 69.7 Å². The van der Waals surface area contributed by atoms with Gasteiger partial charge in [-0.2, -0.15) is 0 Å². The van der Waals surface area contributed by atoms with Gasteiger partial charge in [-0.25, -0.2) is 4.79 Å². The Bertz CT molecular complexity index is 704. The molecular weight excluding hydrogens is 337 g/mol. The molecule has 120 valence electrons. The van der Waals surface area contributed by atoms with Gasteiger partial charge in [-0.05, 0) is 30.7 Å². The lowest BCUT2D eigenvalue weighted by atomic mass is 10.2. The van der Waals surface area contributed by atoms with E-state index in [0.29, 0.717) is 11.6 Å². The molecule has 6 heteroatoms. The Morgan fingerprint density at radius 3 is 2.48 bits per heavy atom. The molecule has 0 radical (unpaired) electrons. The summed E-state index contributed by atoms with van der Waals surface area (Å²) in [5, 5.41) is 3.31. The summed E-state index contributed by atoms with van der Waals surface area (Å²) in [6.45, 7) is 1.87. The van der Waals surface area contributed by atoms with Crippen LogP contribution in [0, 0.1) is 0 Å². The van der Waals surface area contributed by atoms with Crippen molar-refractivity contribution in [2.75, 3.05) is 0 Å². The summed E-state index contributed by atoms with van der Waals surface area (Å²) < 4.78 is 5.13. The maximum absolute atomic E-state index is 12.0. The second-order valence-corrected chi connectivity index (χ2v) is 5.72. The summed E-state index contributed by atoms with van der Waals surface area (Å²) in [6.07, 6.45) is -0.932. The van der Waals surface area contributed by atoms with Crippen molar-refractivity contribution in [3.8, 4) is 0 Å². The van der Waals surface area contributed by atoms with Crippen LogP contribution in [0.4, 0.5) is 0 Å². The molecule has 0 aliphatic rings. The maximum atomic E-state index is 12.0. The van der Waals surface area contributed by atoms with Gasteiger partial charge >= 0.3 is 5.97 Å².